The van der Waals surface area contributed by atoms with E-state index in [9.17, 15) is 13.2 Å². The highest BCUT2D eigenvalue weighted by Crippen LogP contribution is 2.21. The molecule has 1 amide bonds. The molecule has 1 heterocycles. The zero-order valence-electron chi connectivity index (χ0n) is 17.4. The number of benzene rings is 1. The molecule has 30 heavy (non-hydrogen) atoms. The van der Waals surface area contributed by atoms with Crippen molar-refractivity contribution in [1.29, 1.82) is 0 Å². The zero-order chi connectivity index (χ0) is 22.0. The molecular weight excluding hydrogens is 406 g/mol. The number of carbonyl (C=O) groups excluding carboxylic acids is 1. The molecule has 0 saturated heterocycles. The Balaban J connectivity index is 2.04. The van der Waals surface area contributed by atoms with Gasteiger partial charge in [-0.25, -0.2) is 13.4 Å². The molecule has 0 aliphatic rings. The summed E-state index contributed by atoms with van der Waals surface area (Å²) in [4.78, 5) is 16.6. The van der Waals surface area contributed by atoms with E-state index in [0.29, 0.717) is 43.4 Å². The number of hydrogen-bond acceptors (Lipinski definition) is 6. The van der Waals surface area contributed by atoms with Crippen LogP contribution in [0.5, 0.6) is 5.88 Å². The molecule has 0 aliphatic carbocycles. The molecule has 0 aliphatic heterocycles. The van der Waals surface area contributed by atoms with Crippen molar-refractivity contribution in [3.63, 3.8) is 0 Å². The third-order valence-corrected chi connectivity index (χ3v) is 6.27. The molecule has 0 fully saturated rings. The van der Waals surface area contributed by atoms with Crippen molar-refractivity contribution >= 4 is 27.7 Å². The highest BCUT2D eigenvalue weighted by molar-refractivity contribution is 7.89. The predicted octanol–water partition coefficient (Wildman–Crippen LogP) is 2.79. The Morgan fingerprint density at radius 2 is 1.83 bits per heavy atom. The zero-order valence-corrected chi connectivity index (χ0v) is 18.2. The van der Waals surface area contributed by atoms with E-state index in [2.05, 4.69) is 10.3 Å². The minimum Gasteiger partial charge on any atom is -0.474 e. The normalized spacial score (nSPS) is 11.7. The Morgan fingerprint density at radius 1 is 1.13 bits per heavy atom. The third kappa shape index (κ3) is 6.38. The number of amides is 1. The Morgan fingerprint density at radius 3 is 2.47 bits per heavy atom. The second kappa shape index (κ2) is 11.4. The molecule has 0 atom stereocenters. The largest absolute Gasteiger partial charge is 0.474 e. The SMILES string of the molecule is CCN(CC)S(=O)(=O)c1ccc(/C=C/C(=O)Nc2cccnc2OCCOC)cc1. The summed E-state index contributed by atoms with van der Waals surface area (Å²) in [6.07, 6.45) is 4.53. The van der Waals surface area contributed by atoms with Crippen LogP contribution in [0.15, 0.2) is 53.6 Å². The van der Waals surface area contributed by atoms with Crippen LogP contribution >= 0.6 is 0 Å². The number of ether oxygens (including phenoxy) is 2. The maximum Gasteiger partial charge on any atom is 0.248 e. The van der Waals surface area contributed by atoms with E-state index in [-0.39, 0.29) is 10.8 Å². The number of nitrogens with zero attached hydrogens (tertiary/aromatic N) is 2. The lowest BCUT2D eigenvalue weighted by Crippen LogP contribution is -2.30. The Kier molecular flexibility index (Phi) is 8.97. The number of aromatic nitrogens is 1. The van der Waals surface area contributed by atoms with Gasteiger partial charge in [-0.15, -0.1) is 0 Å². The number of anilines is 1. The molecule has 8 nitrogen and oxygen atoms in total. The summed E-state index contributed by atoms with van der Waals surface area (Å²) < 4.78 is 36.9. The Bertz CT molecular complexity index is 955. The third-order valence-electron chi connectivity index (χ3n) is 4.21. The van der Waals surface area contributed by atoms with Crippen LogP contribution in [0.1, 0.15) is 19.4 Å². The van der Waals surface area contributed by atoms with Gasteiger partial charge in [-0.1, -0.05) is 26.0 Å². The number of carbonyl (C=O) groups is 1. The van der Waals surface area contributed by atoms with Gasteiger partial charge in [0.2, 0.25) is 21.8 Å². The molecule has 1 aromatic heterocycles. The standard InChI is InChI=1S/C21H27N3O5S/c1-4-24(5-2)30(26,27)18-11-8-17(9-12-18)10-13-20(25)23-19-7-6-14-22-21(19)29-16-15-28-3/h6-14H,4-5,15-16H2,1-3H3,(H,23,25)/b13-10+. The average molecular weight is 434 g/mol. The van der Waals surface area contributed by atoms with Gasteiger partial charge in [-0.2, -0.15) is 4.31 Å². The maximum atomic E-state index is 12.5. The van der Waals surface area contributed by atoms with E-state index >= 15 is 0 Å². The lowest BCUT2D eigenvalue weighted by atomic mass is 10.2. The summed E-state index contributed by atoms with van der Waals surface area (Å²) in [6.45, 7) is 5.14. The maximum absolute atomic E-state index is 12.5. The molecule has 0 radical (unpaired) electrons. The molecule has 0 bridgehead atoms. The van der Waals surface area contributed by atoms with Crippen LogP contribution in [-0.4, -0.2) is 57.0 Å². The second-order valence-electron chi connectivity index (χ2n) is 6.18. The summed E-state index contributed by atoms with van der Waals surface area (Å²) in [5.41, 5.74) is 1.15. The van der Waals surface area contributed by atoms with Crippen molar-refractivity contribution in [2.24, 2.45) is 0 Å². The topological polar surface area (TPSA) is 97.8 Å². The van der Waals surface area contributed by atoms with Gasteiger partial charge >= 0.3 is 0 Å². The van der Waals surface area contributed by atoms with Crippen molar-refractivity contribution in [3.05, 3.63) is 54.2 Å². The summed E-state index contributed by atoms with van der Waals surface area (Å²) in [6, 6.07) is 9.76. The number of nitrogens with one attached hydrogen (secondary N) is 1. The van der Waals surface area contributed by atoms with Gasteiger partial charge in [0.25, 0.3) is 0 Å². The number of methoxy groups -OCH3 is 1. The highest BCUT2D eigenvalue weighted by Gasteiger charge is 2.20. The van der Waals surface area contributed by atoms with Gasteiger partial charge in [0.1, 0.15) is 12.3 Å². The van der Waals surface area contributed by atoms with Crippen LogP contribution in [-0.2, 0) is 19.6 Å². The van der Waals surface area contributed by atoms with Crippen LogP contribution in [0.4, 0.5) is 5.69 Å². The Labute approximate surface area is 177 Å². The molecule has 9 heteroatoms. The summed E-state index contributed by atoms with van der Waals surface area (Å²) in [5, 5.41) is 2.72. The second-order valence-corrected chi connectivity index (χ2v) is 8.12. The van der Waals surface area contributed by atoms with Crippen molar-refractivity contribution in [3.8, 4) is 5.88 Å². The first-order valence-electron chi connectivity index (χ1n) is 9.58. The van der Waals surface area contributed by atoms with E-state index < -0.39 is 10.0 Å². The van der Waals surface area contributed by atoms with E-state index in [4.69, 9.17) is 9.47 Å². The lowest BCUT2D eigenvalue weighted by Gasteiger charge is -2.18. The summed E-state index contributed by atoms with van der Waals surface area (Å²) >= 11 is 0. The molecule has 2 aromatic rings. The number of rotatable bonds is 11. The van der Waals surface area contributed by atoms with Crippen LogP contribution < -0.4 is 10.1 Å². The first-order valence-corrected chi connectivity index (χ1v) is 11.0. The van der Waals surface area contributed by atoms with Crippen LogP contribution in [0.3, 0.4) is 0 Å². The van der Waals surface area contributed by atoms with Gasteiger partial charge in [0.15, 0.2) is 0 Å². The number of pyridine rings is 1. The van der Waals surface area contributed by atoms with Crippen molar-refractivity contribution in [2.45, 2.75) is 18.7 Å². The fourth-order valence-electron chi connectivity index (χ4n) is 2.63. The molecule has 0 unspecified atom stereocenters. The lowest BCUT2D eigenvalue weighted by molar-refractivity contribution is -0.111. The fourth-order valence-corrected chi connectivity index (χ4v) is 4.09. The van der Waals surface area contributed by atoms with Gasteiger partial charge in [0.05, 0.1) is 11.5 Å². The van der Waals surface area contributed by atoms with E-state index in [1.165, 1.54) is 22.5 Å². The van der Waals surface area contributed by atoms with Crippen LogP contribution in [0.25, 0.3) is 6.08 Å². The van der Waals surface area contributed by atoms with Crippen molar-refractivity contribution in [2.75, 3.05) is 38.7 Å². The van der Waals surface area contributed by atoms with E-state index in [0.717, 1.165) is 0 Å². The molecule has 0 saturated carbocycles. The number of sulfonamides is 1. The molecule has 1 aromatic carbocycles. The first kappa shape index (κ1) is 23.5. The highest BCUT2D eigenvalue weighted by atomic mass is 32.2. The molecule has 162 valence electrons. The Hall–Kier alpha value is -2.75. The molecule has 2 rings (SSSR count). The molecule has 0 spiro atoms. The van der Waals surface area contributed by atoms with Gasteiger partial charge in [0, 0.05) is 32.5 Å². The minimum absolute atomic E-state index is 0.223. The summed E-state index contributed by atoms with van der Waals surface area (Å²) in [7, 11) is -1.93. The van der Waals surface area contributed by atoms with Crippen molar-refractivity contribution < 1.29 is 22.7 Å². The van der Waals surface area contributed by atoms with Crippen molar-refractivity contribution in [1.82, 2.24) is 9.29 Å². The van der Waals surface area contributed by atoms with Gasteiger partial charge < -0.3 is 14.8 Å². The monoisotopic (exact) mass is 433 g/mol. The molecule has 1 N–H and O–H groups in total. The van der Waals surface area contributed by atoms with E-state index in [1.807, 2.05) is 0 Å². The minimum atomic E-state index is -3.50. The van der Waals surface area contributed by atoms with Gasteiger partial charge in [-0.05, 0) is 35.9 Å². The average Bonchev–Trinajstić information content (AvgIpc) is 2.74. The van der Waals surface area contributed by atoms with Crippen LogP contribution in [0.2, 0.25) is 0 Å². The fraction of sp³-hybridized carbons (Fsp3) is 0.333. The first-order chi connectivity index (χ1) is 14.4. The number of hydrogen-bond donors (Lipinski definition) is 1. The predicted molar refractivity (Wildman–Crippen MR) is 116 cm³/mol. The smallest absolute Gasteiger partial charge is 0.248 e. The van der Waals surface area contributed by atoms with Gasteiger partial charge in [-0.3, -0.25) is 4.79 Å². The quantitative estimate of drug-likeness (QED) is 0.432. The summed E-state index contributed by atoms with van der Waals surface area (Å²) in [5.74, 6) is -0.0540. The van der Waals surface area contributed by atoms with E-state index in [1.54, 1.807) is 57.5 Å². The molecular formula is C21H27N3O5S. The van der Waals surface area contributed by atoms with Crippen LogP contribution in [0, 0.1) is 0 Å².